The van der Waals surface area contributed by atoms with Gasteiger partial charge in [-0.1, -0.05) is 18.2 Å². The molecular formula is C21H21F2N5O2. The van der Waals surface area contributed by atoms with E-state index >= 15 is 0 Å². The number of fused-ring (bicyclic) bond motifs is 1. The minimum atomic E-state index is -2.69. The number of amides is 3. The van der Waals surface area contributed by atoms with Gasteiger partial charge < -0.3 is 20.5 Å². The van der Waals surface area contributed by atoms with Crippen molar-refractivity contribution in [1.82, 2.24) is 20.2 Å². The highest BCUT2D eigenvalue weighted by atomic mass is 19.3. The summed E-state index contributed by atoms with van der Waals surface area (Å²) in [7, 11) is 0. The summed E-state index contributed by atoms with van der Waals surface area (Å²) in [5.74, 6) is -0.576. The average molecular weight is 413 g/mol. The number of carbonyl (C=O) groups excluding carboxylic acids is 2. The Labute approximate surface area is 171 Å². The maximum Gasteiger partial charge on any atom is 0.319 e. The lowest BCUT2D eigenvalue weighted by Gasteiger charge is -2.32. The summed E-state index contributed by atoms with van der Waals surface area (Å²) in [5, 5.41) is 5.71. The third-order valence-corrected chi connectivity index (χ3v) is 5.10. The van der Waals surface area contributed by atoms with E-state index in [1.165, 1.54) is 0 Å². The number of hydrogen-bond donors (Lipinski definition) is 3. The van der Waals surface area contributed by atoms with Crippen molar-refractivity contribution in [3.05, 3.63) is 59.9 Å². The van der Waals surface area contributed by atoms with Crippen LogP contribution in [0.5, 0.6) is 0 Å². The Balaban J connectivity index is 1.33. The van der Waals surface area contributed by atoms with Gasteiger partial charge in [0, 0.05) is 30.4 Å². The molecular weight excluding hydrogens is 392 g/mol. The molecule has 9 heteroatoms. The van der Waals surface area contributed by atoms with Gasteiger partial charge in [-0.3, -0.25) is 4.79 Å². The summed E-state index contributed by atoms with van der Waals surface area (Å²) in [4.78, 5) is 33.0. The smallest absolute Gasteiger partial charge is 0.319 e. The maximum atomic E-state index is 12.8. The molecule has 0 radical (unpaired) electrons. The van der Waals surface area contributed by atoms with E-state index in [-0.39, 0.29) is 18.0 Å². The molecule has 2 aromatic carbocycles. The highest BCUT2D eigenvalue weighted by Crippen LogP contribution is 2.22. The second-order valence-electron chi connectivity index (χ2n) is 7.19. The van der Waals surface area contributed by atoms with Gasteiger partial charge in [-0.15, -0.1) is 0 Å². The number of piperidine rings is 1. The largest absolute Gasteiger partial charge is 0.338 e. The van der Waals surface area contributed by atoms with Crippen LogP contribution >= 0.6 is 0 Å². The number of para-hydroxylation sites is 1. The molecule has 1 saturated heterocycles. The molecule has 4 rings (SSSR count). The first-order valence-electron chi connectivity index (χ1n) is 9.69. The fraction of sp³-hybridized carbons (Fsp3) is 0.286. The number of likely N-dealkylation sites (tertiary alicyclic amines) is 1. The number of nitrogens with zero attached hydrogens (tertiary/aromatic N) is 2. The SMILES string of the molecule is O=C(Nc1ccccc1)NC1CCN(C(=O)c2ccc3nc(C(F)F)[nH]c3c2)CC1. The molecule has 0 bridgehead atoms. The number of aromatic nitrogens is 2. The molecule has 3 N–H and O–H groups in total. The molecule has 1 aliphatic heterocycles. The molecule has 3 amide bonds. The highest BCUT2D eigenvalue weighted by molar-refractivity contribution is 5.97. The summed E-state index contributed by atoms with van der Waals surface area (Å²) in [6.45, 7) is 0.997. The van der Waals surface area contributed by atoms with E-state index in [0.29, 0.717) is 48.2 Å². The molecule has 0 spiro atoms. The zero-order valence-electron chi connectivity index (χ0n) is 16.1. The van der Waals surface area contributed by atoms with E-state index in [0.717, 1.165) is 0 Å². The van der Waals surface area contributed by atoms with E-state index in [2.05, 4.69) is 20.6 Å². The first kappa shape index (κ1) is 19.8. The number of H-pyrrole nitrogens is 1. The Kier molecular flexibility index (Phi) is 5.60. The van der Waals surface area contributed by atoms with Crippen molar-refractivity contribution in [3.63, 3.8) is 0 Å². The number of nitrogens with one attached hydrogen (secondary N) is 3. The van der Waals surface area contributed by atoms with E-state index in [4.69, 9.17) is 0 Å². The van der Waals surface area contributed by atoms with Gasteiger partial charge in [0.05, 0.1) is 11.0 Å². The minimum absolute atomic E-state index is 0.0264. The quantitative estimate of drug-likeness (QED) is 0.605. The third kappa shape index (κ3) is 4.40. The number of alkyl halides is 2. The van der Waals surface area contributed by atoms with Crippen LogP contribution in [0.15, 0.2) is 48.5 Å². The topological polar surface area (TPSA) is 90.1 Å². The van der Waals surface area contributed by atoms with Gasteiger partial charge in [0.2, 0.25) is 0 Å². The number of halogens is 2. The molecule has 156 valence electrons. The number of urea groups is 1. The summed E-state index contributed by atoms with van der Waals surface area (Å²) in [5.41, 5.74) is 1.94. The van der Waals surface area contributed by atoms with Crippen molar-refractivity contribution in [2.24, 2.45) is 0 Å². The minimum Gasteiger partial charge on any atom is -0.338 e. The van der Waals surface area contributed by atoms with Crippen LogP contribution in [0.1, 0.15) is 35.4 Å². The van der Waals surface area contributed by atoms with Gasteiger partial charge in [0.15, 0.2) is 5.82 Å². The number of anilines is 1. The standard InChI is InChI=1S/C21H21F2N5O2/c22-18(23)19-26-16-7-6-13(12-17(16)27-19)20(29)28-10-8-15(9-11-28)25-21(30)24-14-4-2-1-3-5-14/h1-7,12,15,18H,8-11H2,(H,26,27)(H2,24,25,30). The van der Waals surface area contributed by atoms with Crippen molar-refractivity contribution >= 4 is 28.7 Å². The fourth-order valence-corrected chi connectivity index (χ4v) is 3.55. The van der Waals surface area contributed by atoms with Crippen LogP contribution < -0.4 is 10.6 Å². The lowest BCUT2D eigenvalue weighted by atomic mass is 10.0. The maximum absolute atomic E-state index is 12.8. The van der Waals surface area contributed by atoms with Crippen molar-refractivity contribution in [2.75, 3.05) is 18.4 Å². The summed E-state index contributed by atoms with van der Waals surface area (Å²) >= 11 is 0. The number of aromatic amines is 1. The lowest BCUT2D eigenvalue weighted by Crippen LogP contribution is -2.47. The molecule has 1 aromatic heterocycles. The summed E-state index contributed by atoms with van der Waals surface area (Å²) in [6.07, 6.45) is -1.42. The van der Waals surface area contributed by atoms with Crippen LogP contribution in [0.4, 0.5) is 19.3 Å². The third-order valence-electron chi connectivity index (χ3n) is 5.10. The first-order valence-corrected chi connectivity index (χ1v) is 9.69. The van der Waals surface area contributed by atoms with Gasteiger partial charge in [0.1, 0.15) is 0 Å². The van der Waals surface area contributed by atoms with Gasteiger partial charge in [-0.2, -0.15) is 0 Å². The number of hydrogen-bond acceptors (Lipinski definition) is 3. The molecule has 1 aliphatic rings. The lowest BCUT2D eigenvalue weighted by molar-refractivity contribution is 0.0709. The number of imidazole rings is 1. The van der Waals surface area contributed by atoms with Crippen LogP contribution in [-0.4, -0.2) is 45.9 Å². The molecule has 2 heterocycles. The Morgan fingerprint density at radius 1 is 1.10 bits per heavy atom. The number of rotatable bonds is 4. The van der Waals surface area contributed by atoms with Crippen LogP contribution in [0, 0.1) is 0 Å². The molecule has 7 nitrogen and oxygen atoms in total. The zero-order chi connectivity index (χ0) is 21.1. The second-order valence-corrected chi connectivity index (χ2v) is 7.19. The van der Waals surface area contributed by atoms with Gasteiger partial charge in [-0.25, -0.2) is 18.6 Å². The summed E-state index contributed by atoms with van der Waals surface area (Å²) < 4.78 is 25.6. The normalized spacial score (nSPS) is 14.8. The van der Waals surface area contributed by atoms with Crippen molar-refractivity contribution in [2.45, 2.75) is 25.3 Å². The van der Waals surface area contributed by atoms with Crippen molar-refractivity contribution in [1.29, 1.82) is 0 Å². The Morgan fingerprint density at radius 2 is 1.83 bits per heavy atom. The van der Waals surface area contributed by atoms with Crippen LogP contribution in [-0.2, 0) is 0 Å². The van der Waals surface area contributed by atoms with Gasteiger partial charge >= 0.3 is 6.03 Å². The van der Waals surface area contributed by atoms with E-state index < -0.39 is 12.2 Å². The molecule has 1 fully saturated rings. The van der Waals surface area contributed by atoms with Crippen LogP contribution in [0.25, 0.3) is 11.0 Å². The Bertz CT molecular complexity index is 1050. The van der Waals surface area contributed by atoms with Crippen LogP contribution in [0.3, 0.4) is 0 Å². The fourth-order valence-electron chi connectivity index (χ4n) is 3.55. The Hall–Kier alpha value is -3.49. The highest BCUT2D eigenvalue weighted by Gasteiger charge is 2.25. The Morgan fingerprint density at radius 3 is 2.53 bits per heavy atom. The van der Waals surface area contributed by atoms with E-state index in [1.807, 2.05) is 30.3 Å². The van der Waals surface area contributed by atoms with E-state index in [9.17, 15) is 18.4 Å². The first-order chi connectivity index (χ1) is 14.5. The molecule has 0 atom stereocenters. The average Bonchev–Trinajstić information content (AvgIpc) is 3.18. The molecule has 30 heavy (non-hydrogen) atoms. The molecule has 0 saturated carbocycles. The monoisotopic (exact) mass is 413 g/mol. The molecule has 3 aromatic rings. The zero-order valence-corrected chi connectivity index (χ0v) is 16.1. The predicted octanol–water partition coefficient (Wildman–Crippen LogP) is 3.93. The number of benzene rings is 2. The molecule has 0 aliphatic carbocycles. The van der Waals surface area contributed by atoms with Crippen molar-refractivity contribution < 1.29 is 18.4 Å². The number of carbonyl (C=O) groups is 2. The van der Waals surface area contributed by atoms with Gasteiger partial charge in [-0.05, 0) is 43.2 Å². The van der Waals surface area contributed by atoms with Crippen LogP contribution in [0.2, 0.25) is 0 Å². The van der Waals surface area contributed by atoms with Crippen molar-refractivity contribution in [3.8, 4) is 0 Å². The van der Waals surface area contributed by atoms with Gasteiger partial charge in [0.25, 0.3) is 12.3 Å². The predicted molar refractivity (Wildman–Crippen MR) is 109 cm³/mol. The summed E-state index contributed by atoms with van der Waals surface area (Å²) in [6, 6.07) is 13.6. The van der Waals surface area contributed by atoms with E-state index in [1.54, 1.807) is 23.1 Å². The molecule has 0 unspecified atom stereocenters. The second kappa shape index (κ2) is 8.48.